The molecule has 8 heteroatoms. The van der Waals surface area contributed by atoms with Gasteiger partial charge in [0.05, 0.1) is 5.75 Å². The van der Waals surface area contributed by atoms with E-state index in [1.807, 2.05) is 0 Å². The summed E-state index contributed by atoms with van der Waals surface area (Å²) in [5.74, 6) is 1.74. The molecular weight excluding hydrogens is 296 g/mol. The normalized spacial score (nSPS) is 22.1. The van der Waals surface area contributed by atoms with E-state index in [1.165, 1.54) is 24.4 Å². The van der Waals surface area contributed by atoms with Gasteiger partial charge in [-0.3, -0.25) is 0 Å². The van der Waals surface area contributed by atoms with Crippen LogP contribution in [-0.2, 0) is 10.0 Å². The summed E-state index contributed by atoms with van der Waals surface area (Å²) in [5.41, 5.74) is 0. The Morgan fingerprint density at radius 1 is 1.30 bits per heavy atom. The summed E-state index contributed by atoms with van der Waals surface area (Å²) in [6.07, 6.45) is 4.09. The first-order valence-corrected chi connectivity index (χ1v) is 9.54. The molecule has 2 aliphatic rings. The van der Waals surface area contributed by atoms with E-state index in [1.54, 1.807) is 11.2 Å². The van der Waals surface area contributed by atoms with Gasteiger partial charge < -0.3 is 5.32 Å². The van der Waals surface area contributed by atoms with Gasteiger partial charge >= 0.3 is 0 Å². The third-order valence-corrected chi connectivity index (χ3v) is 6.47. The van der Waals surface area contributed by atoms with Crippen molar-refractivity contribution in [1.82, 2.24) is 13.7 Å². The number of hydrogen-bond donors (Lipinski definition) is 1. The SMILES string of the molecule is CCS(=O)(=O)N1CCC(Nc2nc(C3CC3)ns2)CC1. The summed E-state index contributed by atoms with van der Waals surface area (Å²) in [4.78, 5) is 4.51. The van der Waals surface area contributed by atoms with Gasteiger partial charge in [-0.1, -0.05) is 0 Å². The van der Waals surface area contributed by atoms with E-state index in [9.17, 15) is 8.42 Å². The second kappa shape index (κ2) is 5.57. The third kappa shape index (κ3) is 3.12. The van der Waals surface area contributed by atoms with Crippen molar-refractivity contribution in [3.05, 3.63) is 5.82 Å². The van der Waals surface area contributed by atoms with E-state index in [4.69, 9.17) is 0 Å². The molecule has 3 rings (SSSR count). The van der Waals surface area contributed by atoms with E-state index in [-0.39, 0.29) is 5.75 Å². The molecule has 0 atom stereocenters. The highest BCUT2D eigenvalue weighted by Gasteiger charge is 2.29. The molecule has 1 aromatic heterocycles. The topological polar surface area (TPSA) is 75.2 Å². The van der Waals surface area contributed by atoms with Crippen molar-refractivity contribution in [3.63, 3.8) is 0 Å². The molecule has 1 aliphatic heterocycles. The van der Waals surface area contributed by atoms with Gasteiger partial charge in [-0.25, -0.2) is 17.7 Å². The molecule has 1 saturated carbocycles. The van der Waals surface area contributed by atoms with E-state index >= 15 is 0 Å². The molecule has 1 aliphatic carbocycles. The number of nitrogens with one attached hydrogen (secondary N) is 1. The van der Waals surface area contributed by atoms with Gasteiger partial charge in [0.1, 0.15) is 5.82 Å². The van der Waals surface area contributed by atoms with Crippen molar-refractivity contribution in [2.24, 2.45) is 0 Å². The van der Waals surface area contributed by atoms with Crippen molar-refractivity contribution in [1.29, 1.82) is 0 Å². The molecule has 1 N–H and O–H groups in total. The summed E-state index contributed by atoms with van der Waals surface area (Å²) >= 11 is 1.42. The molecule has 2 heterocycles. The zero-order valence-electron chi connectivity index (χ0n) is 11.6. The molecule has 112 valence electrons. The number of rotatable bonds is 5. The lowest BCUT2D eigenvalue weighted by Gasteiger charge is -2.31. The van der Waals surface area contributed by atoms with Gasteiger partial charge in [-0.2, -0.15) is 4.37 Å². The first-order valence-electron chi connectivity index (χ1n) is 7.16. The molecule has 0 spiro atoms. The lowest BCUT2D eigenvalue weighted by atomic mass is 10.1. The summed E-state index contributed by atoms with van der Waals surface area (Å²) in [6, 6.07) is 0.304. The molecule has 1 aromatic rings. The monoisotopic (exact) mass is 316 g/mol. The van der Waals surface area contributed by atoms with Crippen molar-refractivity contribution >= 4 is 26.7 Å². The van der Waals surface area contributed by atoms with Crippen LogP contribution in [0.3, 0.4) is 0 Å². The molecule has 0 unspecified atom stereocenters. The maximum atomic E-state index is 11.8. The number of hydrogen-bond acceptors (Lipinski definition) is 6. The molecule has 0 bridgehead atoms. The van der Waals surface area contributed by atoms with E-state index < -0.39 is 10.0 Å². The van der Waals surface area contributed by atoms with E-state index in [2.05, 4.69) is 14.7 Å². The standard InChI is InChI=1S/C12H20N4O2S2/c1-2-20(17,18)16-7-5-10(6-8-16)13-12-14-11(15-19-12)9-3-4-9/h9-10H,2-8H2,1H3,(H,13,14,15). The van der Waals surface area contributed by atoms with Gasteiger partial charge in [-0.05, 0) is 32.6 Å². The number of sulfonamides is 1. The minimum atomic E-state index is -3.04. The van der Waals surface area contributed by atoms with E-state index in [0.717, 1.165) is 23.8 Å². The van der Waals surface area contributed by atoms with Crippen LogP contribution in [0.15, 0.2) is 0 Å². The highest BCUT2D eigenvalue weighted by atomic mass is 32.2. The Labute approximate surface area is 123 Å². The van der Waals surface area contributed by atoms with Gasteiger partial charge in [0.2, 0.25) is 15.2 Å². The largest absolute Gasteiger partial charge is 0.357 e. The van der Waals surface area contributed by atoms with E-state index in [0.29, 0.717) is 25.0 Å². The van der Waals surface area contributed by atoms with Crippen LogP contribution < -0.4 is 5.32 Å². The summed E-state index contributed by atoms with van der Waals surface area (Å²) < 4.78 is 29.6. The highest BCUT2D eigenvalue weighted by Crippen LogP contribution is 2.39. The Kier molecular flexibility index (Phi) is 3.96. The average molecular weight is 316 g/mol. The minimum absolute atomic E-state index is 0.187. The van der Waals surface area contributed by atoms with Gasteiger partial charge in [0.15, 0.2) is 0 Å². The Morgan fingerprint density at radius 3 is 2.60 bits per heavy atom. The fourth-order valence-corrected chi connectivity index (χ4v) is 4.29. The second-order valence-electron chi connectivity index (χ2n) is 5.45. The Hall–Kier alpha value is -0.730. The van der Waals surface area contributed by atoms with Crippen molar-refractivity contribution in [3.8, 4) is 0 Å². The molecular formula is C12H20N4O2S2. The fourth-order valence-electron chi connectivity index (χ4n) is 2.44. The van der Waals surface area contributed by atoms with Gasteiger partial charge in [0, 0.05) is 36.6 Å². The smallest absolute Gasteiger partial charge is 0.213 e. The molecule has 6 nitrogen and oxygen atoms in total. The predicted octanol–water partition coefficient (Wildman–Crippen LogP) is 1.64. The number of piperidine rings is 1. The zero-order valence-corrected chi connectivity index (χ0v) is 13.2. The quantitative estimate of drug-likeness (QED) is 0.894. The maximum absolute atomic E-state index is 11.8. The first kappa shape index (κ1) is 14.2. The summed E-state index contributed by atoms with van der Waals surface area (Å²) in [5, 5.41) is 4.28. The molecule has 0 radical (unpaired) electrons. The summed E-state index contributed by atoms with van der Waals surface area (Å²) in [6.45, 7) is 2.89. The predicted molar refractivity (Wildman–Crippen MR) is 79.6 cm³/mol. The average Bonchev–Trinajstić information content (AvgIpc) is 3.20. The summed E-state index contributed by atoms with van der Waals surface area (Å²) in [7, 11) is -3.04. The van der Waals surface area contributed by atoms with Crippen LogP contribution in [-0.4, -0.2) is 47.0 Å². The number of aromatic nitrogens is 2. The lowest BCUT2D eigenvalue weighted by Crippen LogP contribution is -2.42. The van der Waals surface area contributed by atoms with Gasteiger partial charge in [0.25, 0.3) is 0 Å². The van der Waals surface area contributed by atoms with Crippen LogP contribution in [0.2, 0.25) is 0 Å². The number of anilines is 1. The fraction of sp³-hybridized carbons (Fsp3) is 0.833. The van der Waals surface area contributed by atoms with Crippen molar-refractivity contribution in [2.45, 2.75) is 44.6 Å². The van der Waals surface area contributed by atoms with Crippen LogP contribution in [0.25, 0.3) is 0 Å². The minimum Gasteiger partial charge on any atom is -0.357 e. The number of nitrogens with zero attached hydrogens (tertiary/aromatic N) is 3. The maximum Gasteiger partial charge on any atom is 0.213 e. The van der Waals surface area contributed by atoms with Gasteiger partial charge in [-0.15, -0.1) is 0 Å². The Balaban J connectivity index is 1.53. The van der Waals surface area contributed by atoms with Crippen LogP contribution in [0.5, 0.6) is 0 Å². The highest BCUT2D eigenvalue weighted by molar-refractivity contribution is 7.89. The first-order chi connectivity index (χ1) is 9.58. The zero-order chi connectivity index (χ0) is 14.2. The Morgan fingerprint density at radius 2 is 2.00 bits per heavy atom. The van der Waals surface area contributed by atoms with Crippen LogP contribution in [0, 0.1) is 0 Å². The second-order valence-corrected chi connectivity index (χ2v) is 8.46. The Bertz CT molecular complexity index is 560. The van der Waals surface area contributed by atoms with Crippen molar-refractivity contribution < 1.29 is 8.42 Å². The van der Waals surface area contributed by atoms with Crippen molar-refractivity contribution in [2.75, 3.05) is 24.2 Å². The molecule has 20 heavy (non-hydrogen) atoms. The molecule has 0 amide bonds. The van der Waals surface area contributed by atoms with Crippen LogP contribution >= 0.6 is 11.5 Å². The lowest BCUT2D eigenvalue weighted by molar-refractivity contribution is 0.330. The molecule has 0 aromatic carbocycles. The van der Waals surface area contributed by atoms with Crippen LogP contribution in [0.4, 0.5) is 5.13 Å². The molecule has 2 fully saturated rings. The molecule has 1 saturated heterocycles. The van der Waals surface area contributed by atoms with Crippen LogP contribution in [0.1, 0.15) is 44.3 Å². The third-order valence-electron chi connectivity index (χ3n) is 3.92.